The zero-order valence-electron chi connectivity index (χ0n) is 13.0. The minimum atomic E-state index is -3.11. The highest BCUT2D eigenvalue weighted by Gasteiger charge is 2.35. The second-order valence-electron chi connectivity index (χ2n) is 4.99. The lowest BCUT2D eigenvalue weighted by atomic mass is 10.1. The molecular formula is C15H23F3O3Si. The van der Waals surface area contributed by atoms with E-state index in [-0.39, 0.29) is 12.0 Å². The van der Waals surface area contributed by atoms with Gasteiger partial charge in [-0.05, 0) is 33.1 Å². The molecule has 126 valence electrons. The Labute approximate surface area is 130 Å². The number of unbranched alkanes of at least 4 members (excludes halogenated alkanes) is 2. The van der Waals surface area contributed by atoms with Gasteiger partial charge in [-0.1, -0.05) is 6.42 Å². The summed E-state index contributed by atoms with van der Waals surface area (Å²) in [5.41, 5.74) is -0.0940. The predicted octanol–water partition coefficient (Wildman–Crippen LogP) is 3.82. The van der Waals surface area contributed by atoms with Gasteiger partial charge in [0.1, 0.15) is 17.5 Å². The van der Waals surface area contributed by atoms with Crippen molar-refractivity contribution in [1.29, 1.82) is 0 Å². The van der Waals surface area contributed by atoms with Gasteiger partial charge in [-0.2, -0.15) is 0 Å². The van der Waals surface area contributed by atoms with Gasteiger partial charge in [0.2, 0.25) is 0 Å². The third-order valence-corrected chi connectivity index (χ3v) is 5.73. The summed E-state index contributed by atoms with van der Waals surface area (Å²) in [6, 6.07) is 1.80. The Morgan fingerprint density at radius 2 is 1.50 bits per heavy atom. The van der Waals surface area contributed by atoms with Gasteiger partial charge < -0.3 is 13.6 Å². The Bertz CT molecular complexity index is 442. The highest BCUT2D eigenvalue weighted by Crippen LogP contribution is 2.19. The second-order valence-corrected chi connectivity index (χ2v) is 7.49. The minimum absolute atomic E-state index is 0.0940. The third kappa shape index (κ3) is 6.08. The molecule has 0 amide bonds. The predicted molar refractivity (Wildman–Crippen MR) is 79.9 cm³/mol. The highest BCUT2D eigenvalue weighted by atomic mass is 28.4. The molecule has 1 aromatic rings. The Balaban J connectivity index is 2.39. The van der Waals surface area contributed by atoms with Crippen molar-refractivity contribution in [3.05, 3.63) is 35.1 Å². The molecule has 1 rings (SSSR count). The summed E-state index contributed by atoms with van der Waals surface area (Å²) in [6.07, 6.45) is 2.06. The standard InChI is InChI=1S/C15H23F3O3Si/c1-3-20-22(19,21-4-2)9-7-5-6-8-13-14(17)10-12(16)11-15(13)18/h10-11,19H,3-9H2,1-2H3. The quantitative estimate of drug-likeness (QED) is 0.521. The molecule has 1 N–H and O–H groups in total. The van der Waals surface area contributed by atoms with Crippen molar-refractivity contribution < 1.29 is 26.8 Å². The van der Waals surface area contributed by atoms with Gasteiger partial charge in [0, 0.05) is 37.0 Å². The molecule has 0 aliphatic carbocycles. The molecule has 0 fully saturated rings. The second kappa shape index (κ2) is 9.29. The largest absolute Gasteiger partial charge is 0.498 e. The molecule has 3 nitrogen and oxygen atoms in total. The van der Waals surface area contributed by atoms with Crippen LogP contribution < -0.4 is 0 Å². The van der Waals surface area contributed by atoms with Crippen LogP contribution in [0.25, 0.3) is 0 Å². The Morgan fingerprint density at radius 1 is 0.955 bits per heavy atom. The maximum atomic E-state index is 13.5. The van der Waals surface area contributed by atoms with Gasteiger partial charge >= 0.3 is 8.80 Å². The van der Waals surface area contributed by atoms with E-state index in [1.807, 2.05) is 0 Å². The van der Waals surface area contributed by atoms with Crippen molar-refractivity contribution in [3.8, 4) is 0 Å². The van der Waals surface area contributed by atoms with Crippen molar-refractivity contribution in [1.82, 2.24) is 0 Å². The fourth-order valence-electron chi connectivity index (χ4n) is 2.27. The average Bonchev–Trinajstić information content (AvgIpc) is 2.41. The SMILES string of the molecule is CCO[Si](O)(CCCCCc1c(F)cc(F)cc1F)OCC. The van der Waals surface area contributed by atoms with Crippen LogP contribution in [0, 0.1) is 17.5 Å². The lowest BCUT2D eigenvalue weighted by Crippen LogP contribution is -2.42. The zero-order chi connectivity index (χ0) is 16.6. The van der Waals surface area contributed by atoms with Gasteiger partial charge in [0.15, 0.2) is 0 Å². The molecule has 0 heterocycles. The summed E-state index contributed by atoms with van der Waals surface area (Å²) in [5.74, 6) is -2.62. The summed E-state index contributed by atoms with van der Waals surface area (Å²) in [7, 11) is -3.11. The third-order valence-electron chi connectivity index (χ3n) is 3.27. The summed E-state index contributed by atoms with van der Waals surface area (Å²) in [5, 5.41) is 0. The Morgan fingerprint density at radius 3 is 2.00 bits per heavy atom. The summed E-state index contributed by atoms with van der Waals surface area (Å²) in [4.78, 5) is 10.2. The lowest BCUT2D eigenvalue weighted by Gasteiger charge is -2.22. The first-order valence-corrected chi connectivity index (χ1v) is 9.52. The van der Waals surface area contributed by atoms with Crippen LogP contribution in [0.1, 0.15) is 38.7 Å². The summed E-state index contributed by atoms with van der Waals surface area (Å²) in [6.45, 7) is 4.34. The Hall–Kier alpha value is -0.893. The normalized spacial score (nSPS) is 11.9. The van der Waals surface area contributed by atoms with Crippen LogP contribution in [0.4, 0.5) is 13.2 Å². The molecule has 0 spiro atoms. The van der Waals surface area contributed by atoms with Crippen LogP contribution in [-0.2, 0) is 15.3 Å². The maximum absolute atomic E-state index is 13.5. The van der Waals surface area contributed by atoms with Crippen molar-refractivity contribution in [2.24, 2.45) is 0 Å². The van der Waals surface area contributed by atoms with Crippen LogP contribution >= 0.6 is 0 Å². The molecule has 7 heteroatoms. The van der Waals surface area contributed by atoms with Gasteiger partial charge in [-0.15, -0.1) is 0 Å². The fraction of sp³-hybridized carbons (Fsp3) is 0.600. The van der Waals surface area contributed by atoms with Gasteiger partial charge in [-0.3, -0.25) is 0 Å². The molecular weight excluding hydrogens is 313 g/mol. The molecule has 0 saturated heterocycles. The van der Waals surface area contributed by atoms with Gasteiger partial charge in [0.05, 0.1) is 0 Å². The van der Waals surface area contributed by atoms with E-state index in [9.17, 15) is 18.0 Å². The lowest BCUT2D eigenvalue weighted by molar-refractivity contribution is 0.107. The van der Waals surface area contributed by atoms with Crippen molar-refractivity contribution in [2.75, 3.05) is 13.2 Å². The zero-order valence-corrected chi connectivity index (χ0v) is 14.0. The molecule has 0 unspecified atom stereocenters. The molecule has 0 atom stereocenters. The highest BCUT2D eigenvalue weighted by molar-refractivity contribution is 6.59. The van der Waals surface area contributed by atoms with Crippen LogP contribution in [0.3, 0.4) is 0 Å². The van der Waals surface area contributed by atoms with Crippen molar-refractivity contribution in [2.45, 2.75) is 45.6 Å². The smallest absolute Gasteiger partial charge is 0.390 e. The molecule has 22 heavy (non-hydrogen) atoms. The maximum Gasteiger partial charge on any atom is 0.498 e. The summed E-state index contributed by atoms with van der Waals surface area (Å²) >= 11 is 0. The van der Waals surface area contributed by atoms with Gasteiger partial charge in [-0.25, -0.2) is 13.2 Å². The van der Waals surface area contributed by atoms with Crippen LogP contribution in [-0.4, -0.2) is 26.8 Å². The van der Waals surface area contributed by atoms with Crippen LogP contribution in [0.15, 0.2) is 12.1 Å². The van der Waals surface area contributed by atoms with E-state index >= 15 is 0 Å². The first kappa shape index (κ1) is 19.2. The first-order valence-electron chi connectivity index (χ1n) is 7.55. The van der Waals surface area contributed by atoms with E-state index < -0.39 is 26.3 Å². The summed E-state index contributed by atoms with van der Waals surface area (Å²) < 4.78 is 50.3. The number of benzene rings is 1. The van der Waals surface area contributed by atoms with E-state index in [4.69, 9.17) is 8.85 Å². The van der Waals surface area contributed by atoms with E-state index in [0.717, 1.165) is 0 Å². The van der Waals surface area contributed by atoms with E-state index in [1.54, 1.807) is 13.8 Å². The van der Waals surface area contributed by atoms with E-state index in [1.165, 1.54) is 0 Å². The van der Waals surface area contributed by atoms with Crippen molar-refractivity contribution >= 4 is 8.80 Å². The molecule has 0 aliphatic heterocycles. The van der Waals surface area contributed by atoms with Crippen LogP contribution in [0.5, 0.6) is 0 Å². The van der Waals surface area contributed by atoms with Crippen LogP contribution in [0.2, 0.25) is 6.04 Å². The molecule has 0 saturated carbocycles. The Kier molecular flexibility index (Phi) is 8.09. The molecule has 1 aromatic carbocycles. The number of hydrogen-bond acceptors (Lipinski definition) is 3. The number of hydrogen-bond donors (Lipinski definition) is 1. The molecule has 0 aromatic heterocycles. The minimum Gasteiger partial charge on any atom is -0.390 e. The van der Waals surface area contributed by atoms with Crippen molar-refractivity contribution in [3.63, 3.8) is 0 Å². The monoisotopic (exact) mass is 336 g/mol. The molecule has 0 aliphatic rings. The molecule has 0 bridgehead atoms. The molecule has 0 radical (unpaired) electrons. The van der Waals surface area contributed by atoms with E-state index in [0.29, 0.717) is 50.7 Å². The number of rotatable bonds is 10. The van der Waals surface area contributed by atoms with Gasteiger partial charge in [0.25, 0.3) is 0 Å². The average molecular weight is 336 g/mol. The number of halogens is 3. The topological polar surface area (TPSA) is 38.7 Å². The fourth-order valence-corrected chi connectivity index (χ4v) is 4.25. The first-order chi connectivity index (χ1) is 10.4. The van der Waals surface area contributed by atoms with E-state index in [2.05, 4.69) is 0 Å².